The maximum Gasteiger partial charge on any atom is 0.281 e. The van der Waals surface area contributed by atoms with E-state index in [9.17, 15) is 18.3 Å². The smallest absolute Gasteiger partial charge is 0.281 e. The summed E-state index contributed by atoms with van der Waals surface area (Å²) in [6.45, 7) is 4.91. The average Bonchev–Trinajstić information content (AvgIpc) is 2.73. The van der Waals surface area contributed by atoms with E-state index in [4.69, 9.17) is 0 Å². The molecular weight excluding hydrogens is 306 g/mol. The first-order chi connectivity index (χ1) is 10.1. The Kier molecular flexibility index (Phi) is 4.60. The molecule has 2 rings (SSSR count). The third-order valence-electron chi connectivity index (χ3n) is 5.19. The topological polar surface area (TPSA) is 81.2 Å². The number of aliphatic hydroxyl groups excluding tert-OH is 1. The van der Waals surface area contributed by atoms with Crippen molar-refractivity contribution in [3.8, 4) is 0 Å². The van der Waals surface area contributed by atoms with Gasteiger partial charge in [-0.05, 0) is 31.6 Å². The fraction of sp³-hybridized carbons (Fsp3) is 0.929. The van der Waals surface area contributed by atoms with Gasteiger partial charge < -0.3 is 10.0 Å². The van der Waals surface area contributed by atoms with Crippen LogP contribution < -0.4 is 0 Å². The van der Waals surface area contributed by atoms with Gasteiger partial charge in [-0.1, -0.05) is 0 Å². The molecule has 0 saturated carbocycles. The lowest BCUT2D eigenvalue weighted by molar-refractivity contribution is -0.134. The molecule has 2 aliphatic rings. The van der Waals surface area contributed by atoms with E-state index in [2.05, 4.69) is 0 Å². The number of carbonyl (C=O) groups is 1. The van der Waals surface area contributed by atoms with Crippen molar-refractivity contribution in [1.82, 2.24) is 13.5 Å². The Morgan fingerprint density at radius 1 is 1.27 bits per heavy atom. The van der Waals surface area contributed by atoms with E-state index in [0.29, 0.717) is 19.6 Å². The molecule has 0 radical (unpaired) electrons. The Hall–Kier alpha value is -0.700. The first kappa shape index (κ1) is 17.7. The normalized spacial score (nSPS) is 29.5. The summed E-state index contributed by atoms with van der Waals surface area (Å²) in [5.41, 5.74) is -0.615. The zero-order chi connectivity index (χ0) is 16.8. The van der Waals surface area contributed by atoms with Gasteiger partial charge in [-0.25, -0.2) is 0 Å². The van der Waals surface area contributed by atoms with Gasteiger partial charge in [0.15, 0.2) is 0 Å². The van der Waals surface area contributed by atoms with Crippen molar-refractivity contribution >= 4 is 16.1 Å². The van der Waals surface area contributed by atoms with E-state index in [1.54, 1.807) is 4.90 Å². The average molecular weight is 333 g/mol. The number of likely N-dealkylation sites (tertiary alicyclic amines) is 1. The zero-order valence-electron chi connectivity index (χ0n) is 13.9. The van der Waals surface area contributed by atoms with Gasteiger partial charge in [0, 0.05) is 40.7 Å². The Morgan fingerprint density at radius 3 is 2.18 bits per heavy atom. The number of piperidine rings is 1. The van der Waals surface area contributed by atoms with Crippen LogP contribution in [0.25, 0.3) is 0 Å². The highest BCUT2D eigenvalue weighted by Gasteiger charge is 2.53. The summed E-state index contributed by atoms with van der Waals surface area (Å²) in [6.07, 6.45) is 2.17. The highest BCUT2D eigenvalue weighted by Crippen LogP contribution is 2.48. The molecule has 2 heterocycles. The van der Waals surface area contributed by atoms with Crippen LogP contribution in [0.15, 0.2) is 0 Å². The molecule has 1 atom stereocenters. The van der Waals surface area contributed by atoms with Crippen molar-refractivity contribution in [2.45, 2.75) is 38.6 Å². The van der Waals surface area contributed by atoms with E-state index in [1.807, 2.05) is 6.92 Å². The highest BCUT2D eigenvalue weighted by molar-refractivity contribution is 7.86. The van der Waals surface area contributed by atoms with Crippen molar-refractivity contribution in [3.05, 3.63) is 0 Å². The largest absolute Gasteiger partial charge is 0.394 e. The van der Waals surface area contributed by atoms with Crippen LogP contribution in [0.5, 0.6) is 0 Å². The molecule has 1 unspecified atom stereocenters. The fourth-order valence-electron chi connectivity index (χ4n) is 3.88. The number of carbonyl (C=O) groups excluding carboxylic acids is 1. The quantitative estimate of drug-likeness (QED) is 0.781. The summed E-state index contributed by atoms with van der Waals surface area (Å²) in [5, 5.41) is 9.71. The van der Waals surface area contributed by atoms with Gasteiger partial charge in [0.05, 0.1) is 12.1 Å². The summed E-state index contributed by atoms with van der Waals surface area (Å²) in [4.78, 5) is 13.6. The molecule has 2 saturated heterocycles. The number of nitrogens with zero attached hydrogens (tertiary/aromatic N) is 3. The second kappa shape index (κ2) is 5.74. The van der Waals surface area contributed by atoms with Gasteiger partial charge in [0.2, 0.25) is 5.91 Å². The molecule has 0 aromatic carbocycles. The Morgan fingerprint density at radius 2 is 1.82 bits per heavy atom. The maximum absolute atomic E-state index is 12.2. The number of amides is 1. The first-order valence-corrected chi connectivity index (χ1v) is 9.03. The lowest BCUT2D eigenvalue weighted by Gasteiger charge is -2.39. The molecule has 1 N–H and O–H groups in total. The van der Waals surface area contributed by atoms with Crippen molar-refractivity contribution in [1.29, 1.82) is 0 Å². The molecule has 7 nitrogen and oxygen atoms in total. The molecule has 0 aromatic rings. The minimum absolute atomic E-state index is 0.0308. The van der Waals surface area contributed by atoms with Crippen LogP contribution in [0.2, 0.25) is 0 Å². The van der Waals surface area contributed by atoms with Crippen molar-refractivity contribution in [3.63, 3.8) is 0 Å². The van der Waals surface area contributed by atoms with E-state index in [1.165, 1.54) is 29.6 Å². The number of hydrogen-bond donors (Lipinski definition) is 1. The molecule has 1 spiro atoms. The molecule has 2 fully saturated rings. The summed E-state index contributed by atoms with van der Waals surface area (Å²) in [5.74, 6) is -0.0308. The fourth-order valence-corrected chi connectivity index (χ4v) is 4.98. The Balaban J connectivity index is 2.13. The molecule has 0 bridgehead atoms. The van der Waals surface area contributed by atoms with E-state index < -0.39 is 15.7 Å². The second-order valence-electron chi connectivity index (χ2n) is 7.13. The van der Waals surface area contributed by atoms with Crippen molar-refractivity contribution in [2.24, 2.45) is 5.41 Å². The Labute approximate surface area is 133 Å². The third-order valence-corrected chi connectivity index (χ3v) is 7.13. The van der Waals surface area contributed by atoms with Crippen LogP contribution in [0.1, 0.15) is 33.1 Å². The first-order valence-electron chi connectivity index (χ1n) is 7.63. The molecule has 0 aromatic heterocycles. The molecule has 2 aliphatic heterocycles. The van der Waals surface area contributed by atoms with Crippen LogP contribution in [0.3, 0.4) is 0 Å². The van der Waals surface area contributed by atoms with Gasteiger partial charge in [0.1, 0.15) is 0 Å². The molecule has 8 heteroatoms. The number of rotatable bonds is 3. The standard InChI is InChI=1S/C14H27N3O4S/c1-12(19)17-10-14(9-13(17,2)11-18)5-7-16(8-6-14)22(20,21)15(3)4/h18H,5-11H2,1-4H3. The molecular formula is C14H27N3O4S. The summed E-state index contributed by atoms with van der Waals surface area (Å²) < 4.78 is 27.1. The zero-order valence-corrected chi connectivity index (χ0v) is 14.7. The maximum atomic E-state index is 12.2. The van der Waals surface area contributed by atoms with Crippen molar-refractivity contribution < 1.29 is 18.3 Å². The van der Waals surface area contributed by atoms with Gasteiger partial charge in [-0.3, -0.25) is 4.79 Å². The predicted octanol–water partition coefficient (Wildman–Crippen LogP) is -0.122. The van der Waals surface area contributed by atoms with Gasteiger partial charge in [-0.15, -0.1) is 0 Å². The minimum atomic E-state index is -3.37. The van der Waals surface area contributed by atoms with Crippen LogP contribution in [-0.2, 0) is 15.0 Å². The molecule has 1 amide bonds. The van der Waals surface area contributed by atoms with E-state index in [-0.39, 0.29) is 17.9 Å². The number of hydrogen-bond acceptors (Lipinski definition) is 4. The van der Waals surface area contributed by atoms with Gasteiger partial charge >= 0.3 is 0 Å². The second-order valence-corrected chi connectivity index (χ2v) is 9.27. The lowest BCUT2D eigenvalue weighted by Crippen LogP contribution is -2.48. The van der Waals surface area contributed by atoms with E-state index in [0.717, 1.165) is 19.3 Å². The van der Waals surface area contributed by atoms with Crippen molar-refractivity contribution in [2.75, 3.05) is 40.3 Å². The van der Waals surface area contributed by atoms with Gasteiger partial charge in [0.25, 0.3) is 10.2 Å². The number of aliphatic hydroxyl groups is 1. The summed E-state index contributed by atoms with van der Waals surface area (Å²) in [6, 6.07) is 0. The minimum Gasteiger partial charge on any atom is -0.394 e. The van der Waals surface area contributed by atoms with Crippen LogP contribution >= 0.6 is 0 Å². The SMILES string of the molecule is CC(=O)N1CC2(CCN(S(=O)(=O)N(C)C)CC2)CC1(C)CO. The van der Waals surface area contributed by atoms with Crippen LogP contribution in [-0.4, -0.2) is 78.8 Å². The van der Waals surface area contributed by atoms with Gasteiger partial charge in [-0.2, -0.15) is 17.0 Å². The van der Waals surface area contributed by atoms with Crippen LogP contribution in [0, 0.1) is 5.41 Å². The highest BCUT2D eigenvalue weighted by atomic mass is 32.2. The monoisotopic (exact) mass is 333 g/mol. The van der Waals surface area contributed by atoms with E-state index >= 15 is 0 Å². The Bertz CT molecular complexity index is 540. The lowest BCUT2D eigenvalue weighted by atomic mass is 9.75. The summed E-state index contributed by atoms with van der Waals surface area (Å²) in [7, 11) is -0.299. The summed E-state index contributed by atoms with van der Waals surface area (Å²) >= 11 is 0. The molecule has 22 heavy (non-hydrogen) atoms. The molecule has 0 aliphatic carbocycles. The predicted molar refractivity (Wildman–Crippen MR) is 83.3 cm³/mol. The third kappa shape index (κ3) is 2.89. The van der Waals surface area contributed by atoms with Crippen LogP contribution in [0.4, 0.5) is 0 Å². The molecule has 128 valence electrons.